The van der Waals surface area contributed by atoms with E-state index in [1.54, 1.807) is 12.1 Å². The fraction of sp³-hybridized carbons (Fsp3) is 0.630. The average molecular weight is 486 g/mol. The molecule has 7 atom stereocenters. The predicted molar refractivity (Wildman–Crippen MR) is 133 cm³/mol. The molecular formula is C27H33Cl2N3O. The number of benzene rings is 1. The molecule has 6 rings (SSSR count). The van der Waals surface area contributed by atoms with Crippen molar-refractivity contribution in [3.05, 3.63) is 46.5 Å². The van der Waals surface area contributed by atoms with Crippen LogP contribution in [-0.2, 0) is 11.2 Å². The van der Waals surface area contributed by atoms with Gasteiger partial charge in [0.15, 0.2) is 0 Å². The number of imidazole rings is 1. The Morgan fingerprint density at radius 3 is 2.58 bits per heavy atom. The van der Waals surface area contributed by atoms with Gasteiger partial charge in [0.1, 0.15) is 5.82 Å². The van der Waals surface area contributed by atoms with Crippen molar-refractivity contribution in [1.29, 1.82) is 0 Å². The number of halogens is 2. The van der Waals surface area contributed by atoms with Crippen molar-refractivity contribution in [3.8, 4) is 0 Å². The van der Waals surface area contributed by atoms with Crippen molar-refractivity contribution in [2.24, 2.45) is 34.5 Å². The lowest BCUT2D eigenvalue weighted by Gasteiger charge is -2.60. The van der Waals surface area contributed by atoms with E-state index in [9.17, 15) is 4.79 Å². The Balaban J connectivity index is 1.25. The van der Waals surface area contributed by atoms with Crippen molar-refractivity contribution >= 4 is 34.8 Å². The van der Waals surface area contributed by atoms with Crippen LogP contribution >= 0.6 is 23.2 Å². The fourth-order valence-electron chi connectivity index (χ4n) is 8.71. The molecule has 0 saturated heterocycles. The summed E-state index contributed by atoms with van der Waals surface area (Å²) in [6, 6.07) is 5.95. The molecule has 1 aromatic carbocycles. The maximum Gasteiger partial charge on any atom is 0.228 e. The van der Waals surface area contributed by atoms with Gasteiger partial charge in [0.2, 0.25) is 5.91 Å². The number of hydrogen-bond donors (Lipinski definition) is 1. The number of aromatic nitrogens is 2. The SMILES string of the molecule is C[C@]12CCc3nccn3C1CCC1C2CC[C@@]2(C)C1CC[C@@H]2C(=O)Nc1c(Cl)cccc1Cl. The number of hydrogen-bond acceptors (Lipinski definition) is 2. The largest absolute Gasteiger partial charge is 0.331 e. The standard InChI is InChI=1S/C27H33Cl2N3O/c1-26-12-10-18-16(6-9-22-27(18,2)13-11-23-30-14-15-32(22)23)17(26)7-8-19(26)25(33)31-24-20(28)4-3-5-21(24)29/h3-5,14-19,22H,6-13H2,1-2H3,(H,31,33)/t16?,17?,18?,19-,22?,26+,27-/m1/s1. The number of carbonyl (C=O) groups excluding carboxylic acids is 1. The van der Waals surface area contributed by atoms with E-state index >= 15 is 0 Å². The maximum absolute atomic E-state index is 13.5. The minimum Gasteiger partial charge on any atom is -0.331 e. The molecule has 0 spiro atoms. The number of para-hydroxylation sites is 1. The minimum atomic E-state index is 0.0212. The monoisotopic (exact) mass is 485 g/mol. The molecule has 1 aromatic heterocycles. The Bertz CT molecular complexity index is 1080. The van der Waals surface area contributed by atoms with E-state index in [-0.39, 0.29) is 17.2 Å². The Kier molecular flexibility index (Phi) is 5.16. The van der Waals surface area contributed by atoms with Gasteiger partial charge in [-0.25, -0.2) is 4.98 Å². The van der Waals surface area contributed by atoms with Gasteiger partial charge < -0.3 is 9.88 Å². The summed E-state index contributed by atoms with van der Waals surface area (Å²) in [7, 11) is 0. The van der Waals surface area contributed by atoms with E-state index in [1.165, 1.54) is 31.5 Å². The van der Waals surface area contributed by atoms with Gasteiger partial charge in [-0.2, -0.15) is 0 Å². The highest BCUT2D eigenvalue weighted by Crippen LogP contribution is 2.67. The molecule has 2 heterocycles. The third-order valence-corrected chi connectivity index (χ3v) is 10.9. The smallest absolute Gasteiger partial charge is 0.228 e. The summed E-state index contributed by atoms with van der Waals surface area (Å²) in [6.07, 6.45) is 13.5. The molecule has 2 aromatic rings. The van der Waals surface area contributed by atoms with Crippen LogP contribution in [0.1, 0.15) is 70.7 Å². The summed E-state index contributed by atoms with van der Waals surface area (Å²) in [5.74, 6) is 3.46. The summed E-state index contributed by atoms with van der Waals surface area (Å²) in [6.45, 7) is 4.95. The van der Waals surface area contributed by atoms with Crippen LogP contribution in [0, 0.1) is 34.5 Å². The number of fused-ring (bicyclic) bond motifs is 7. The molecule has 6 heteroatoms. The van der Waals surface area contributed by atoms with Crippen LogP contribution in [0.15, 0.2) is 30.6 Å². The van der Waals surface area contributed by atoms with Crippen LogP contribution in [0.25, 0.3) is 0 Å². The van der Waals surface area contributed by atoms with Crippen LogP contribution in [0.4, 0.5) is 5.69 Å². The molecule has 33 heavy (non-hydrogen) atoms. The zero-order valence-corrected chi connectivity index (χ0v) is 21.0. The number of rotatable bonds is 2. The van der Waals surface area contributed by atoms with E-state index < -0.39 is 0 Å². The first kappa shape index (κ1) is 22.0. The zero-order valence-electron chi connectivity index (χ0n) is 19.5. The third kappa shape index (κ3) is 3.16. The first-order chi connectivity index (χ1) is 15.8. The Morgan fingerprint density at radius 1 is 1.03 bits per heavy atom. The maximum atomic E-state index is 13.5. The molecule has 3 aliphatic carbocycles. The van der Waals surface area contributed by atoms with E-state index in [1.807, 2.05) is 12.3 Å². The van der Waals surface area contributed by atoms with Gasteiger partial charge >= 0.3 is 0 Å². The van der Waals surface area contributed by atoms with E-state index in [0.717, 1.165) is 37.5 Å². The highest BCUT2D eigenvalue weighted by molar-refractivity contribution is 6.39. The Morgan fingerprint density at radius 2 is 1.79 bits per heavy atom. The first-order valence-corrected chi connectivity index (χ1v) is 13.3. The average Bonchev–Trinajstić information content (AvgIpc) is 3.40. The van der Waals surface area contributed by atoms with Crippen molar-refractivity contribution in [2.75, 3.05) is 5.32 Å². The number of nitrogens with one attached hydrogen (secondary N) is 1. The highest BCUT2D eigenvalue weighted by atomic mass is 35.5. The van der Waals surface area contributed by atoms with Crippen molar-refractivity contribution in [1.82, 2.24) is 9.55 Å². The van der Waals surface area contributed by atoms with Gasteiger partial charge in [-0.15, -0.1) is 0 Å². The van der Waals surface area contributed by atoms with Crippen molar-refractivity contribution < 1.29 is 4.79 Å². The number of nitrogens with zero attached hydrogens (tertiary/aromatic N) is 2. The van der Waals surface area contributed by atoms with E-state index in [0.29, 0.717) is 33.1 Å². The molecule has 3 saturated carbocycles. The van der Waals surface area contributed by atoms with Crippen LogP contribution in [0.2, 0.25) is 10.0 Å². The molecule has 0 bridgehead atoms. The number of amides is 1. The van der Waals surface area contributed by atoms with Gasteiger partial charge in [-0.3, -0.25) is 4.79 Å². The van der Waals surface area contributed by atoms with Gasteiger partial charge in [-0.1, -0.05) is 43.1 Å². The van der Waals surface area contributed by atoms with Crippen LogP contribution in [0.5, 0.6) is 0 Å². The molecule has 4 unspecified atom stereocenters. The zero-order chi connectivity index (χ0) is 23.0. The van der Waals surface area contributed by atoms with Gasteiger partial charge in [0.05, 0.1) is 15.7 Å². The molecule has 4 aliphatic rings. The number of aryl methyl sites for hydroxylation is 1. The molecule has 4 nitrogen and oxygen atoms in total. The minimum absolute atomic E-state index is 0.0212. The second-order valence-corrected chi connectivity index (χ2v) is 12.3. The quantitative estimate of drug-likeness (QED) is 0.489. The van der Waals surface area contributed by atoms with Crippen LogP contribution < -0.4 is 5.32 Å². The molecule has 1 amide bonds. The van der Waals surface area contributed by atoms with Crippen LogP contribution in [0.3, 0.4) is 0 Å². The molecule has 3 fully saturated rings. The number of anilines is 1. The summed E-state index contributed by atoms with van der Waals surface area (Å²) < 4.78 is 2.49. The second-order valence-electron chi connectivity index (χ2n) is 11.5. The first-order valence-electron chi connectivity index (χ1n) is 12.6. The summed E-state index contributed by atoms with van der Waals surface area (Å²) >= 11 is 12.7. The molecule has 1 N–H and O–H groups in total. The second kappa shape index (κ2) is 7.75. The van der Waals surface area contributed by atoms with E-state index in [2.05, 4.69) is 34.9 Å². The van der Waals surface area contributed by atoms with E-state index in [4.69, 9.17) is 23.2 Å². The van der Waals surface area contributed by atoms with Crippen molar-refractivity contribution in [3.63, 3.8) is 0 Å². The molecular weight excluding hydrogens is 453 g/mol. The van der Waals surface area contributed by atoms with Gasteiger partial charge in [-0.05, 0) is 85.7 Å². The lowest BCUT2D eigenvalue weighted by Crippen LogP contribution is -2.54. The Labute approximate surface area is 206 Å². The highest BCUT2D eigenvalue weighted by Gasteiger charge is 2.61. The predicted octanol–water partition coefficient (Wildman–Crippen LogP) is 7.17. The Hall–Kier alpha value is -1.52. The molecule has 1 aliphatic heterocycles. The van der Waals surface area contributed by atoms with Crippen molar-refractivity contribution in [2.45, 2.75) is 71.3 Å². The molecule has 176 valence electrons. The fourth-order valence-corrected chi connectivity index (χ4v) is 9.20. The third-order valence-electron chi connectivity index (χ3n) is 10.3. The van der Waals surface area contributed by atoms with Gasteiger partial charge in [0, 0.05) is 30.8 Å². The lowest BCUT2D eigenvalue weighted by atomic mass is 9.47. The van der Waals surface area contributed by atoms with Gasteiger partial charge in [0.25, 0.3) is 0 Å². The van der Waals surface area contributed by atoms with Crippen LogP contribution in [-0.4, -0.2) is 15.5 Å². The topological polar surface area (TPSA) is 46.9 Å². The number of carbonyl (C=O) groups is 1. The lowest BCUT2D eigenvalue weighted by molar-refractivity contribution is -0.130. The normalized spacial score (nSPS) is 39.2. The summed E-state index contributed by atoms with van der Waals surface area (Å²) in [4.78, 5) is 18.1. The summed E-state index contributed by atoms with van der Waals surface area (Å²) in [5.41, 5.74) is 0.943. The molecule has 0 radical (unpaired) electrons. The summed E-state index contributed by atoms with van der Waals surface area (Å²) in [5, 5.41) is 4.10.